The van der Waals surface area contributed by atoms with Gasteiger partial charge >= 0.3 is 5.97 Å². The smallest absolute Gasteiger partial charge is 0.335 e. The Hall–Kier alpha value is -2.44. The highest BCUT2D eigenvalue weighted by molar-refractivity contribution is 5.87. The summed E-state index contributed by atoms with van der Waals surface area (Å²) in [4.78, 5) is 15.7. The Bertz CT molecular complexity index is 767. The van der Waals surface area contributed by atoms with E-state index in [1.807, 2.05) is 6.07 Å². The molecule has 1 aliphatic heterocycles. The molecule has 0 radical (unpaired) electrons. The Labute approximate surface area is 165 Å². The summed E-state index contributed by atoms with van der Waals surface area (Å²) in [5, 5.41) is 8.90. The number of benzene rings is 2. The standard InChI is InChI=1S/C22H27FN2O3/c23-20-5-1-4-18(16-20)17-25-11-2-10-24(13-14-25)12-3-15-28-21-8-6-19(7-9-21)22(26)27/h1,4-9,16H,2-3,10-15,17H2,(H,26,27). The lowest BCUT2D eigenvalue weighted by molar-refractivity contribution is 0.0697. The molecule has 3 rings (SSSR count). The van der Waals surface area contributed by atoms with Crippen LogP contribution in [0.2, 0.25) is 0 Å². The SMILES string of the molecule is O=C(O)c1ccc(OCCCN2CCCN(Cc3cccc(F)c3)CC2)cc1. The molecule has 0 bridgehead atoms. The highest BCUT2D eigenvalue weighted by Crippen LogP contribution is 2.13. The number of carboxylic acid groups (broad SMARTS) is 1. The Morgan fingerprint density at radius 2 is 1.79 bits per heavy atom. The number of carbonyl (C=O) groups is 1. The molecule has 0 saturated carbocycles. The average molecular weight is 386 g/mol. The zero-order valence-corrected chi connectivity index (χ0v) is 16.0. The van der Waals surface area contributed by atoms with Crippen LogP contribution in [0.4, 0.5) is 4.39 Å². The quantitative estimate of drug-likeness (QED) is 0.704. The Kier molecular flexibility index (Phi) is 7.39. The number of rotatable bonds is 8. The van der Waals surface area contributed by atoms with E-state index >= 15 is 0 Å². The van der Waals surface area contributed by atoms with E-state index in [4.69, 9.17) is 9.84 Å². The summed E-state index contributed by atoms with van der Waals surface area (Å²) in [6, 6.07) is 13.3. The molecule has 150 valence electrons. The van der Waals surface area contributed by atoms with Crippen LogP contribution in [-0.2, 0) is 6.54 Å². The number of aromatic carboxylic acids is 1. The predicted molar refractivity (Wildman–Crippen MR) is 106 cm³/mol. The van der Waals surface area contributed by atoms with Crippen LogP contribution in [0.25, 0.3) is 0 Å². The van der Waals surface area contributed by atoms with E-state index in [0.717, 1.165) is 57.7 Å². The normalized spacial score (nSPS) is 15.9. The van der Waals surface area contributed by atoms with Crippen LogP contribution in [0, 0.1) is 5.82 Å². The molecule has 0 aliphatic carbocycles. The van der Waals surface area contributed by atoms with Crippen LogP contribution >= 0.6 is 0 Å². The Morgan fingerprint density at radius 3 is 2.54 bits per heavy atom. The van der Waals surface area contributed by atoms with Crippen LogP contribution in [0.15, 0.2) is 48.5 Å². The van der Waals surface area contributed by atoms with Crippen molar-refractivity contribution in [3.63, 3.8) is 0 Å². The maximum absolute atomic E-state index is 13.3. The molecule has 6 heteroatoms. The van der Waals surface area contributed by atoms with Gasteiger partial charge in [-0.15, -0.1) is 0 Å². The second-order valence-corrected chi connectivity index (χ2v) is 7.13. The fourth-order valence-electron chi connectivity index (χ4n) is 3.47. The van der Waals surface area contributed by atoms with Crippen LogP contribution in [-0.4, -0.2) is 60.2 Å². The molecular formula is C22H27FN2O3. The van der Waals surface area contributed by atoms with Gasteiger partial charge in [0.25, 0.3) is 0 Å². The number of hydrogen-bond donors (Lipinski definition) is 1. The number of nitrogens with zero attached hydrogens (tertiary/aromatic N) is 2. The zero-order chi connectivity index (χ0) is 19.8. The van der Waals surface area contributed by atoms with Crippen molar-refractivity contribution >= 4 is 5.97 Å². The summed E-state index contributed by atoms with van der Waals surface area (Å²) in [6.45, 7) is 6.45. The van der Waals surface area contributed by atoms with Gasteiger partial charge in [0, 0.05) is 26.2 Å². The van der Waals surface area contributed by atoms with Gasteiger partial charge in [-0.05, 0) is 67.9 Å². The third kappa shape index (κ3) is 6.32. The molecule has 0 atom stereocenters. The molecule has 2 aromatic rings. The summed E-state index contributed by atoms with van der Waals surface area (Å²) in [5.41, 5.74) is 1.29. The minimum Gasteiger partial charge on any atom is -0.494 e. The number of carboxylic acids is 1. The summed E-state index contributed by atoms with van der Waals surface area (Å²) in [6.07, 6.45) is 2.03. The predicted octanol–water partition coefficient (Wildman–Crippen LogP) is 3.50. The van der Waals surface area contributed by atoms with Gasteiger partial charge in [0.15, 0.2) is 0 Å². The Balaban J connectivity index is 1.36. The first-order valence-corrected chi connectivity index (χ1v) is 9.75. The van der Waals surface area contributed by atoms with E-state index < -0.39 is 5.97 Å². The first-order chi connectivity index (χ1) is 13.6. The third-order valence-electron chi connectivity index (χ3n) is 4.97. The molecule has 1 N–H and O–H groups in total. The van der Waals surface area contributed by atoms with E-state index in [1.54, 1.807) is 36.4 Å². The molecule has 1 fully saturated rings. The summed E-state index contributed by atoms with van der Waals surface area (Å²) in [7, 11) is 0. The van der Waals surface area contributed by atoms with E-state index in [2.05, 4.69) is 9.80 Å². The average Bonchev–Trinajstić information content (AvgIpc) is 2.91. The lowest BCUT2D eigenvalue weighted by atomic mass is 10.2. The first-order valence-electron chi connectivity index (χ1n) is 9.75. The molecule has 2 aromatic carbocycles. The molecule has 1 aliphatic rings. The van der Waals surface area contributed by atoms with Crippen LogP contribution < -0.4 is 4.74 Å². The lowest BCUT2D eigenvalue weighted by Gasteiger charge is -2.22. The highest BCUT2D eigenvalue weighted by Gasteiger charge is 2.15. The van der Waals surface area contributed by atoms with Crippen LogP contribution in [0.5, 0.6) is 5.75 Å². The summed E-state index contributed by atoms with van der Waals surface area (Å²) >= 11 is 0. The second-order valence-electron chi connectivity index (χ2n) is 7.13. The zero-order valence-electron chi connectivity index (χ0n) is 16.0. The summed E-state index contributed by atoms with van der Waals surface area (Å²) < 4.78 is 19.1. The largest absolute Gasteiger partial charge is 0.494 e. The van der Waals surface area contributed by atoms with Gasteiger partial charge in [-0.2, -0.15) is 0 Å². The molecule has 5 nitrogen and oxygen atoms in total. The highest BCUT2D eigenvalue weighted by atomic mass is 19.1. The van der Waals surface area contributed by atoms with Gasteiger partial charge in [-0.3, -0.25) is 4.90 Å². The first kappa shape index (κ1) is 20.3. The topological polar surface area (TPSA) is 53.0 Å². The van der Waals surface area contributed by atoms with Gasteiger partial charge < -0.3 is 14.7 Å². The van der Waals surface area contributed by atoms with Gasteiger partial charge in [-0.25, -0.2) is 9.18 Å². The van der Waals surface area contributed by atoms with Crippen molar-refractivity contribution < 1.29 is 19.0 Å². The van der Waals surface area contributed by atoms with Crippen molar-refractivity contribution in [3.05, 3.63) is 65.5 Å². The van der Waals surface area contributed by atoms with Gasteiger partial charge in [-0.1, -0.05) is 12.1 Å². The van der Waals surface area contributed by atoms with E-state index in [9.17, 15) is 9.18 Å². The fraction of sp³-hybridized carbons (Fsp3) is 0.409. The van der Waals surface area contributed by atoms with Crippen molar-refractivity contribution in [2.45, 2.75) is 19.4 Å². The molecule has 0 spiro atoms. The van der Waals surface area contributed by atoms with Crippen molar-refractivity contribution in [1.82, 2.24) is 9.80 Å². The van der Waals surface area contributed by atoms with Crippen LogP contribution in [0.3, 0.4) is 0 Å². The second kappa shape index (κ2) is 10.2. The van der Waals surface area contributed by atoms with E-state index in [1.165, 1.54) is 6.07 Å². The molecule has 1 heterocycles. The molecule has 0 unspecified atom stereocenters. The number of ether oxygens (including phenoxy) is 1. The van der Waals surface area contributed by atoms with Gasteiger partial charge in [0.2, 0.25) is 0 Å². The monoisotopic (exact) mass is 386 g/mol. The minimum absolute atomic E-state index is 0.174. The molecule has 0 amide bonds. The lowest BCUT2D eigenvalue weighted by Crippen LogP contribution is -2.31. The molecule has 1 saturated heterocycles. The van der Waals surface area contributed by atoms with E-state index in [-0.39, 0.29) is 11.4 Å². The van der Waals surface area contributed by atoms with Crippen molar-refractivity contribution in [2.24, 2.45) is 0 Å². The Morgan fingerprint density at radius 1 is 1.04 bits per heavy atom. The van der Waals surface area contributed by atoms with E-state index in [0.29, 0.717) is 12.4 Å². The van der Waals surface area contributed by atoms with Crippen molar-refractivity contribution in [1.29, 1.82) is 0 Å². The minimum atomic E-state index is -0.931. The fourth-order valence-corrected chi connectivity index (χ4v) is 3.47. The van der Waals surface area contributed by atoms with Crippen molar-refractivity contribution in [2.75, 3.05) is 39.3 Å². The number of halogens is 1. The van der Waals surface area contributed by atoms with Crippen LogP contribution in [0.1, 0.15) is 28.8 Å². The molecule has 28 heavy (non-hydrogen) atoms. The van der Waals surface area contributed by atoms with Gasteiger partial charge in [0.1, 0.15) is 11.6 Å². The summed E-state index contributed by atoms with van der Waals surface area (Å²) in [5.74, 6) is -0.409. The molecule has 0 aromatic heterocycles. The van der Waals surface area contributed by atoms with Crippen molar-refractivity contribution in [3.8, 4) is 5.75 Å². The third-order valence-corrected chi connectivity index (χ3v) is 4.97. The molecular weight excluding hydrogens is 359 g/mol. The maximum atomic E-state index is 13.3. The number of hydrogen-bond acceptors (Lipinski definition) is 4. The maximum Gasteiger partial charge on any atom is 0.335 e. The van der Waals surface area contributed by atoms with Gasteiger partial charge in [0.05, 0.1) is 12.2 Å².